The molecule has 0 saturated heterocycles. The molecule has 0 atom stereocenters. The number of carbonyl (C=O) groups is 2. The van der Waals surface area contributed by atoms with Crippen molar-refractivity contribution >= 4 is 23.4 Å². The van der Waals surface area contributed by atoms with Crippen molar-refractivity contribution in [3.63, 3.8) is 0 Å². The maximum Gasteiger partial charge on any atom is 0.325 e. The maximum atomic E-state index is 11.7. The van der Waals surface area contributed by atoms with Crippen LogP contribution < -0.4 is 16.1 Å². The first kappa shape index (κ1) is 20.2. The molecular formula is C18H25N3O4. The second kappa shape index (κ2) is 11.7. The molecule has 7 heteroatoms. The molecule has 0 bridgehead atoms. The van der Waals surface area contributed by atoms with Crippen LogP contribution in [0.5, 0.6) is 0 Å². The molecular weight excluding hydrogens is 322 g/mol. The Bertz CT molecular complexity index is 597. The second-order valence-corrected chi connectivity index (χ2v) is 5.07. The summed E-state index contributed by atoms with van der Waals surface area (Å²) in [5.74, 6) is -0.465. The second-order valence-electron chi connectivity index (χ2n) is 5.07. The van der Waals surface area contributed by atoms with E-state index in [0.717, 1.165) is 12.0 Å². The third-order valence-electron chi connectivity index (χ3n) is 2.96. The third-order valence-corrected chi connectivity index (χ3v) is 2.96. The molecule has 1 rings (SSSR count). The summed E-state index contributed by atoms with van der Waals surface area (Å²) < 4.78 is 4.87. The van der Waals surface area contributed by atoms with Crippen LogP contribution in [0.25, 0.3) is 5.70 Å². The van der Waals surface area contributed by atoms with Gasteiger partial charge in [0.1, 0.15) is 6.54 Å². The first-order chi connectivity index (χ1) is 12.1. The van der Waals surface area contributed by atoms with Gasteiger partial charge in [0, 0.05) is 5.69 Å². The highest BCUT2D eigenvalue weighted by atomic mass is 16.6. The Kier molecular flexibility index (Phi) is 9.47. The zero-order chi connectivity index (χ0) is 18.5. The quantitative estimate of drug-likeness (QED) is 0.262. The number of benzene rings is 1. The number of amides is 2. The van der Waals surface area contributed by atoms with E-state index in [-0.39, 0.29) is 6.54 Å². The van der Waals surface area contributed by atoms with Crippen molar-refractivity contribution in [2.24, 2.45) is 0 Å². The first-order valence-corrected chi connectivity index (χ1v) is 8.05. The number of hydroxylamine groups is 1. The minimum Gasteiger partial charge on any atom is -0.464 e. The van der Waals surface area contributed by atoms with Gasteiger partial charge in [-0.2, -0.15) is 0 Å². The molecule has 0 fully saturated rings. The predicted octanol–water partition coefficient (Wildman–Crippen LogP) is 2.83. The minimum absolute atomic E-state index is 0.172. The third kappa shape index (κ3) is 8.57. The van der Waals surface area contributed by atoms with Crippen LogP contribution in [0.15, 0.2) is 43.0 Å². The van der Waals surface area contributed by atoms with E-state index in [0.29, 0.717) is 24.6 Å². The molecule has 2 amide bonds. The SMILES string of the molecule is C=C(NOCC=CC)c1ccc(NC(=O)NCC(=O)OCCC)cc1. The van der Waals surface area contributed by atoms with Gasteiger partial charge in [-0.25, -0.2) is 4.79 Å². The Balaban J connectivity index is 2.39. The maximum absolute atomic E-state index is 11.7. The van der Waals surface area contributed by atoms with E-state index in [2.05, 4.69) is 22.7 Å². The van der Waals surface area contributed by atoms with Crippen LogP contribution in [-0.4, -0.2) is 31.8 Å². The van der Waals surface area contributed by atoms with Gasteiger partial charge in [-0.05, 0) is 31.0 Å². The summed E-state index contributed by atoms with van der Waals surface area (Å²) in [5.41, 5.74) is 4.77. The van der Waals surface area contributed by atoms with Gasteiger partial charge in [-0.3, -0.25) is 15.1 Å². The number of nitrogens with one attached hydrogen (secondary N) is 3. The van der Waals surface area contributed by atoms with Crippen LogP contribution in [0.1, 0.15) is 25.8 Å². The fourth-order valence-corrected chi connectivity index (χ4v) is 1.68. The number of carbonyl (C=O) groups excluding carboxylic acids is 2. The molecule has 0 heterocycles. The molecule has 0 aliphatic heterocycles. The normalized spacial score (nSPS) is 10.3. The van der Waals surface area contributed by atoms with Gasteiger partial charge in [0.05, 0.1) is 18.9 Å². The number of allylic oxidation sites excluding steroid dienone is 1. The predicted molar refractivity (Wildman–Crippen MR) is 97.6 cm³/mol. The van der Waals surface area contributed by atoms with E-state index < -0.39 is 12.0 Å². The summed E-state index contributed by atoms with van der Waals surface area (Å²) in [6, 6.07) is 6.55. The Hall–Kier alpha value is -2.80. The molecule has 0 aliphatic rings. The smallest absolute Gasteiger partial charge is 0.325 e. The highest BCUT2D eigenvalue weighted by molar-refractivity contribution is 5.91. The molecule has 0 spiro atoms. The summed E-state index contributed by atoms with van der Waals surface area (Å²) in [6.45, 7) is 8.30. The van der Waals surface area contributed by atoms with Crippen molar-refractivity contribution in [2.45, 2.75) is 20.3 Å². The average Bonchev–Trinajstić information content (AvgIpc) is 2.62. The number of anilines is 1. The fourth-order valence-electron chi connectivity index (χ4n) is 1.68. The fraction of sp³-hybridized carbons (Fsp3) is 0.333. The van der Waals surface area contributed by atoms with E-state index in [1.54, 1.807) is 24.3 Å². The summed E-state index contributed by atoms with van der Waals surface area (Å²) in [4.78, 5) is 28.2. The molecule has 1 aromatic carbocycles. The zero-order valence-corrected chi connectivity index (χ0v) is 14.6. The molecule has 0 radical (unpaired) electrons. The summed E-state index contributed by atoms with van der Waals surface area (Å²) in [7, 11) is 0. The summed E-state index contributed by atoms with van der Waals surface area (Å²) in [6.07, 6.45) is 4.49. The van der Waals surface area contributed by atoms with Crippen molar-refractivity contribution in [3.05, 3.63) is 48.6 Å². The topological polar surface area (TPSA) is 88.7 Å². The van der Waals surface area contributed by atoms with E-state index in [1.165, 1.54) is 0 Å². The molecule has 0 saturated carbocycles. The van der Waals surface area contributed by atoms with Crippen molar-refractivity contribution in [2.75, 3.05) is 25.1 Å². The minimum atomic E-state index is -0.479. The highest BCUT2D eigenvalue weighted by Crippen LogP contribution is 2.14. The number of ether oxygens (including phenoxy) is 1. The summed E-state index contributed by atoms with van der Waals surface area (Å²) in [5, 5.41) is 5.07. The van der Waals surface area contributed by atoms with Crippen LogP contribution in [-0.2, 0) is 14.4 Å². The van der Waals surface area contributed by atoms with Gasteiger partial charge < -0.3 is 15.4 Å². The lowest BCUT2D eigenvalue weighted by Gasteiger charge is -2.10. The molecule has 136 valence electrons. The Labute approximate surface area is 148 Å². The van der Waals surface area contributed by atoms with Gasteiger partial charge in [0.2, 0.25) is 0 Å². The van der Waals surface area contributed by atoms with E-state index in [4.69, 9.17) is 9.57 Å². The first-order valence-electron chi connectivity index (χ1n) is 8.05. The van der Waals surface area contributed by atoms with Gasteiger partial charge in [-0.1, -0.05) is 37.8 Å². The zero-order valence-electron chi connectivity index (χ0n) is 14.6. The van der Waals surface area contributed by atoms with Crippen LogP contribution in [0, 0.1) is 0 Å². The average molecular weight is 347 g/mol. The van der Waals surface area contributed by atoms with E-state index in [1.807, 2.05) is 26.0 Å². The van der Waals surface area contributed by atoms with Crippen molar-refractivity contribution < 1.29 is 19.2 Å². The Morgan fingerprint density at radius 3 is 2.60 bits per heavy atom. The molecule has 1 aromatic rings. The van der Waals surface area contributed by atoms with Crippen LogP contribution >= 0.6 is 0 Å². The largest absolute Gasteiger partial charge is 0.464 e. The van der Waals surface area contributed by atoms with Gasteiger partial charge in [-0.15, -0.1) is 0 Å². The van der Waals surface area contributed by atoms with Gasteiger partial charge in [0.25, 0.3) is 0 Å². The molecule has 7 nitrogen and oxygen atoms in total. The van der Waals surface area contributed by atoms with Crippen molar-refractivity contribution in [1.82, 2.24) is 10.8 Å². The lowest BCUT2D eigenvalue weighted by molar-refractivity contribution is -0.142. The monoisotopic (exact) mass is 347 g/mol. The lowest BCUT2D eigenvalue weighted by atomic mass is 10.1. The van der Waals surface area contributed by atoms with Crippen molar-refractivity contribution in [1.29, 1.82) is 0 Å². The molecule has 0 aromatic heterocycles. The number of esters is 1. The van der Waals surface area contributed by atoms with Crippen LogP contribution in [0.2, 0.25) is 0 Å². The van der Waals surface area contributed by atoms with E-state index >= 15 is 0 Å². The number of hydrogen-bond donors (Lipinski definition) is 3. The molecule has 0 aliphatic carbocycles. The summed E-state index contributed by atoms with van der Waals surface area (Å²) >= 11 is 0. The molecule has 25 heavy (non-hydrogen) atoms. The Morgan fingerprint density at radius 2 is 1.96 bits per heavy atom. The molecule has 3 N–H and O–H groups in total. The molecule has 0 unspecified atom stereocenters. The standard InChI is InChI=1S/C18H25N3O4/c1-4-6-12-25-21-14(3)15-7-9-16(10-8-15)20-18(23)19-13-17(22)24-11-5-2/h4,6-10,21H,3,5,11-13H2,1-2H3,(H2,19,20,23). The van der Waals surface area contributed by atoms with Gasteiger partial charge in [0.15, 0.2) is 0 Å². The number of hydrogen-bond acceptors (Lipinski definition) is 5. The Morgan fingerprint density at radius 1 is 1.24 bits per heavy atom. The van der Waals surface area contributed by atoms with E-state index in [9.17, 15) is 9.59 Å². The van der Waals surface area contributed by atoms with Crippen LogP contribution in [0.4, 0.5) is 10.5 Å². The van der Waals surface area contributed by atoms with Crippen LogP contribution in [0.3, 0.4) is 0 Å². The highest BCUT2D eigenvalue weighted by Gasteiger charge is 2.06. The lowest BCUT2D eigenvalue weighted by Crippen LogP contribution is -2.34. The number of urea groups is 1. The number of rotatable bonds is 10. The van der Waals surface area contributed by atoms with Crippen molar-refractivity contribution in [3.8, 4) is 0 Å². The van der Waals surface area contributed by atoms with Gasteiger partial charge >= 0.3 is 12.0 Å².